The summed E-state index contributed by atoms with van der Waals surface area (Å²) in [6, 6.07) is 7.58. The molecule has 0 bridgehead atoms. The molecule has 0 saturated heterocycles. The molecule has 2 aromatic heterocycles. The zero-order chi connectivity index (χ0) is 9.97. The van der Waals surface area contributed by atoms with Crippen LogP contribution < -0.4 is 5.73 Å². The molecule has 0 aliphatic carbocycles. The number of nitrogens with zero attached hydrogens (tertiary/aromatic N) is 2. The number of aromatic nitrogens is 2. The van der Waals surface area contributed by atoms with Crippen LogP contribution in [-0.2, 0) is 0 Å². The van der Waals surface area contributed by atoms with Gasteiger partial charge in [-0.05, 0) is 30.7 Å². The third-order valence-corrected chi connectivity index (χ3v) is 2.12. The molecule has 14 heavy (non-hydrogen) atoms. The minimum absolute atomic E-state index is 0.700. The van der Waals surface area contributed by atoms with Crippen LogP contribution in [0.5, 0.6) is 0 Å². The second-order valence-electron chi connectivity index (χ2n) is 3.11. The van der Waals surface area contributed by atoms with Gasteiger partial charge in [0, 0.05) is 12.4 Å². The van der Waals surface area contributed by atoms with Crippen molar-refractivity contribution in [2.75, 3.05) is 5.73 Å². The van der Waals surface area contributed by atoms with E-state index in [9.17, 15) is 0 Å². The summed E-state index contributed by atoms with van der Waals surface area (Å²) in [7, 11) is 0. The van der Waals surface area contributed by atoms with Crippen molar-refractivity contribution >= 4 is 5.69 Å². The van der Waals surface area contributed by atoms with Crippen LogP contribution in [0.15, 0.2) is 36.7 Å². The number of nitrogens with two attached hydrogens (primary N) is 1. The van der Waals surface area contributed by atoms with Gasteiger partial charge in [-0.3, -0.25) is 9.97 Å². The smallest absolute Gasteiger partial charge is 0.112 e. The Bertz CT molecular complexity index is 438. The average molecular weight is 185 g/mol. The summed E-state index contributed by atoms with van der Waals surface area (Å²) in [5.74, 6) is 0. The van der Waals surface area contributed by atoms with Crippen molar-refractivity contribution in [3.63, 3.8) is 0 Å². The molecular weight excluding hydrogens is 174 g/mol. The Morgan fingerprint density at radius 3 is 2.64 bits per heavy atom. The predicted octanol–water partition coefficient (Wildman–Crippen LogP) is 2.03. The van der Waals surface area contributed by atoms with Crippen molar-refractivity contribution in [3.05, 3.63) is 42.2 Å². The lowest BCUT2D eigenvalue weighted by atomic mass is 10.1. The molecule has 0 amide bonds. The first-order chi connectivity index (χ1) is 6.79. The third kappa shape index (κ3) is 1.44. The molecule has 0 atom stereocenters. The van der Waals surface area contributed by atoms with Crippen LogP contribution in [0.3, 0.4) is 0 Å². The minimum atomic E-state index is 0.700. The molecule has 70 valence electrons. The van der Waals surface area contributed by atoms with Crippen LogP contribution in [0.4, 0.5) is 5.69 Å². The second-order valence-corrected chi connectivity index (χ2v) is 3.11. The van der Waals surface area contributed by atoms with E-state index in [2.05, 4.69) is 9.97 Å². The number of aryl methyl sites for hydroxylation is 1. The maximum Gasteiger partial charge on any atom is 0.112 e. The molecule has 0 aromatic carbocycles. The van der Waals surface area contributed by atoms with Crippen LogP contribution in [-0.4, -0.2) is 9.97 Å². The summed E-state index contributed by atoms with van der Waals surface area (Å²) in [5.41, 5.74) is 9.21. The fourth-order valence-electron chi connectivity index (χ4n) is 1.28. The Balaban J connectivity index is 2.58. The van der Waals surface area contributed by atoms with Crippen molar-refractivity contribution in [2.24, 2.45) is 0 Å². The molecule has 2 heterocycles. The lowest BCUT2D eigenvalue weighted by Crippen LogP contribution is -1.97. The third-order valence-electron chi connectivity index (χ3n) is 2.12. The maximum absolute atomic E-state index is 5.91. The molecule has 2 aromatic rings. The van der Waals surface area contributed by atoms with Crippen molar-refractivity contribution in [1.29, 1.82) is 0 Å². The molecular formula is C11H11N3. The molecule has 3 nitrogen and oxygen atoms in total. The highest BCUT2D eigenvalue weighted by Crippen LogP contribution is 2.23. The Morgan fingerprint density at radius 2 is 1.93 bits per heavy atom. The molecule has 0 radical (unpaired) electrons. The van der Waals surface area contributed by atoms with Crippen molar-refractivity contribution in [3.8, 4) is 11.4 Å². The summed E-state index contributed by atoms with van der Waals surface area (Å²) in [4.78, 5) is 8.43. The summed E-state index contributed by atoms with van der Waals surface area (Å²) in [6.07, 6.45) is 3.48. The molecule has 0 unspecified atom stereocenters. The lowest BCUT2D eigenvalue weighted by molar-refractivity contribution is 1.23. The van der Waals surface area contributed by atoms with E-state index in [1.54, 1.807) is 12.4 Å². The van der Waals surface area contributed by atoms with Gasteiger partial charge in [0.05, 0.1) is 11.4 Å². The van der Waals surface area contributed by atoms with E-state index in [0.29, 0.717) is 5.69 Å². The highest BCUT2D eigenvalue weighted by atomic mass is 14.8. The number of anilines is 1. The van der Waals surface area contributed by atoms with Gasteiger partial charge in [-0.2, -0.15) is 0 Å². The zero-order valence-corrected chi connectivity index (χ0v) is 7.94. The topological polar surface area (TPSA) is 51.8 Å². The monoisotopic (exact) mass is 185 g/mol. The highest BCUT2D eigenvalue weighted by Gasteiger charge is 2.05. The van der Waals surface area contributed by atoms with Gasteiger partial charge in [0.25, 0.3) is 0 Å². The van der Waals surface area contributed by atoms with Crippen molar-refractivity contribution in [2.45, 2.75) is 6.92 Å². The fraction of sp³-hybridized carbons (Fsp3) is 0.0909. The molecule has 2 N–H and O–H groups in total. The van der Waals surface area contributed by atoms with Crippen LogP contribution in [0.2, 0.25) is 0 Å². The van der Waals surface area contributed by atoms with E-state index in [-0.39, 0.29) is 0 Å². The van der Waals surface area contributed by atoms with Crippen molar-refractivity contribution in [1.82, 2.24) is 9.97 Å². The number of rotatable bonds is 1. The quantitative estimate of drug-likeness (QED) is 0.739. The standard InChI is InChI=1S/C11H11N3/c1-8-5-7-14-11(10(8)12)9-4-2-3-6-13-9/h2-7H,12H2,1H3. The van der Waals surface area contributed by atoms with Gasteiger partial charge < -0.3 is 5.73 Å². The van der Waals surface area contributed by atoms with E-state index < -0.39 is 0 Å². The largest absolute Gasteiger partial charge is 0.397 e. The van der Waals surface area contributed by atoms with Crippen LogP contribution in [0, 0.1) is 6.92 Å². The summed E-state index contributed by atoms with van der Waals surface area (Å²) in [6.45, 7) is 1.96. The van der Waals surface area contributed by atoms with Crippen LogP contribution >= 0.6 is 0 Å². The molecule has 0 aliphatic rings. The number of hydrogen-bond donors (Lipinski definition) is 1. The SMILES string of the molecule is Cc1ccnc(-c2ccccn2)c1N. The first kappa shape index (κ1) is 8.69. The fourth-order valence-corrected chi connectivity index (χ4v) is 1.28. The Morgan fingerprint density at radius 1 is 1.07 bits per heavy atom. The van der Waals surface area contributed by atoms with Gasteiger partial charge in [-0.25, -0.2) is 0 Å². The first-order valence-electron chi connectivity index (χ1n) is 4.41. The van der Waals surface area contributed by atoms with E-state index in [1.807, 2.05) is 31.2 Å². The average Bonchev–Trinajstić information content (AvgIpc) is 2.23. The van der Waals surface area contributed by atoms with Crippen LogP contribution in [0.25, 0.3) is 11.4 Å². The summed E-state index contributed by atoms with van der Waals surface area (Å²) < 4.78 is 0. The number of nitrogen functional groups attached to an aromatic ring is 1. The zero-order valence-electron chi connectivity index (χ0n) is 7.94. The molecule has 0 aliphatic heterocycles. The van der Waals surface area contributed by atoms with Gasteiger partial charge in [0.1, 0.15) is 5.69 Å². The first-order valence-corrected chi connectivity index (χ1v) is 4.41. The predicted molar refractivity (Wildman–Crippen MR) is 56.6 cm³/mol. The van der Waals surface area contributed by atoms with E-state index >= 15 is 0 Å². The Hall–Kier alpha value is -1.90. The Kier molecular flexibility index (Phi) is 2.14. The van der Waals surface area contributed by atoms with Gasteiger partial charge in [0.2, 0.25) is 0 Å². The number of hydrogen-bond acceptors (Lipinski definition) is 3. The highest BCUT2D eigenvalue weighted by molar-refractivity contribution is 5.71. The van der Waals surface area contributed by atoms with E-state index in [4.69, 9.17) is 5.73 Å². The van der Waals surface area contributed by atoms with Gasteiger partial charge in [-0.1, -0.05) is 6.07 Å². The summed E-state index contributed by atoms with van der Waals surface area (Å²) in [5, 5.41) is 0. The lowest BCUT2D eigenvalue weighted by Gasteiger charge is -2.05. The number of pyridine rings is 2. The van der Waals surface area contributed by atoms with Gasteiger partial charge in [-0.15, -0.1) is 0 Å². The van der Waals surface area contributed by atoms with Crippen molar-refractivity contribution < 1.29 is 0 Å². The van der Waals surface area contributed by atoms with E-state index in [1.165, 1.54) is 0 Å². The summed E-state index contributed by atoms with van der Waals surface area (Å²) >= 11 is 0. The maximum atomic E-state index is 5.91. The molecule has 0 fully saturated rings. The molecule has 2 rings (SSSR count). The molecule has 0 saturated carbocycles. The van der Waals surface area contributed by atoms with E-state index in [0.717, 1.165) is 17.0 Å². The Labute approximate surface area is 82.6 Å². The van der Waals surface area contributed by atoms with Gasteiger partial charge in [0.15, 0.2) is 0 Å². The second kappa shape index (κ2) is 3.46. The normalized spacial score (nSPS) is 10.1. The molecule has 0 spiro atoms. The van der Waals surface area contributed by atoms with Gasteiger partial charge >= 0.3 is 0 Å². The van der Waals surface area contributed by atoms with Crippen LogP contribution in [0.1, 0.15) is 5.56 Å². The molecule has 3 heteroatoms. The minimum Gasteiger partial charge on any atom is -0.397 e.